The van der Waals surface area contributed by atoms with Crippen molar-refractivity contribution in [1.29, 1.82) is 0 Å². The van der Waals surface area contributed by atoms with E-state index in [1.54, 1.807) is 0 Å². The van der Waals surface area contributed by atoms with E-state index in [4.69, 9.17) is 4.74 Å². The molecule has 6 nitrogen and oxygen atoms in total. The topological polar surface area (TPSA) is 70.7 Å². The van der Waals surface area contributed by atoms with Gasteiger partial charge in [0.2, 0.25) is 5.91 Å². The molecule has 0 bridgehead atoms. The number of alkyl carbamates (subject to hydrolysis) is 1. The summed E-state index contributed by atoms with van der Waals surface area (Å²) in [5, 5.41) is 6.37. The number of nitrogens with one attached hydrogen (secondary N) is 2. The molecule has 2 amide bonds. The normalized spacial score (nSPS) is 20.0. The van der Waals surface area contributed by atoms with Crippen molar-refractivity contribution in [3.05, 3.63) is 59.7 Å². The van der Waals surface area contributed by atoms with Crippen LogP contribution < -0.4 is 15.5 Å². The molecule has 2 atom stereocenters. The Balaban J connectivity index is 1.39. The third-order valence-electron chi connectivity index (χ3n) is 5.57. The van der Waals surface area contributed by atoms with Gasteiger partial charge in [-0.05, 0) is 50.5 Å². The average Bonchev–Trinajstić information content (AvgIpc) is 3.14. The van der Waals surface area contributed by atoms with E-state index in [2.05, 4.69) is 53.1 Å². The maximum absolute atomic E-state index is 12.7. The molecule has 2 aliphatic heterocycles. The number of carbonyl (C=O) groups is 2. The van der Waals surface area contributed by atoms with E-state index in [-0.39, 0.29) is 17.2 Å². The number of hydrogen-bond acceptors (Lipinski definition) is 5. The first-order valence-electron chi connectivity index (χ1n) is 11.2. The van der Waals surface area contributed by atoms with Crippen LogP contribution in [0.25, 0.3) is 0 Å². The van der Waals surface area contributed by atoms with Crippen LogP contribution in [0.1, 0.15) is 50.0 Å². The number of fused-ring (bicyclic) bond motifs is 3. The second kappa shape index (κ2) is 9.55. The fourth-order valence-electron chi connectivity index (χ4n) is 4.22. The van der Waals surface area contributed by atoms with E-state index < -0.39 is 11.7 Å². The maximum atomic E-state index is 12.7. The molecule has 2 heterocycles. The van der Waals surface area contributed by atoms with Gasteiger partial charge in [0.05, 0.1) is 17.0 Å². The molecule has 2 aromatic rings. The van der Waals surface area contributed by atoms with E-state index in [1.165, 1.54) is 5.56 Å². The lowest BCUT2D eigenvalue weighted by molar-refractivity contribution is -0.117. The van der Waals surface area contributed by atoms with Crippen molar-refractivity contribution in [2.75, 3.05) is 18.0 Å². The standard InChI is InChI=1S/C25H31N3O3S/c1-25(2,3)31-24(30)27-14-13-26-16-17-9-10-19-21(15-17)32-23(18-7-5-4-6-8-18)20-11-12-22(29)28(19)20/h4-10,15,20,23,26H,11-14,16H2,1-3H3,(H,27,30). The summed E-state index contributed by atoms with van der Waals surface area (Å²) in [6.45, 7) is 7.37. The van der Waals surface area contributed by atoms with Crippen LogP contribution in [0.2, 0.25) is 0 Å². The first-order chi connectivity index (χ1) is 15.3. The van der Waals surface area contributed by atoms with E-state index >= 15 is 0 Å². The molecule has 7 heteroatoms. The van der Waals surface area contributed by atoms with Crippen LogP contribution in [0.15, 0.2) is 53.4 Å². The van der Waals surface area contributed by atoms with Crippen molar-refractivity contribution in [2.45, 2.75) is 61.9 Å². The molecule has 2 unspecified atom stereocenters. The minimum absolute atomic E-state index is 0.213. The fourth-order valence-corrected chi connectivity index (χ4v) is 5.70. The third kappa shape index (κ3) is 5.27. The van der Waals surface area contributed by atoms with Crippen LogP contribution in [0.5, 0.6) is 0 Å². The van der Waals surface area contributed by atoms with E-state index in [0.717, 1.165) is 22.6 Å². The summed E-state index contributed by atoms with van der Waals surface area (Å²) in [6, 6.07) is 17.0. The molecule has 0 spiro atoms. The summed E-state index contributed by atoms with van der Waals surface area (Å²) in [4.78, 5) is 27.6. The molecular formula is C25H31N3O3S. The predicted octanol–water partition coefficient (Wildman–Crippen LogP) is 4.64. The number of thioether (sulfide) groups is 1. The molecule has 1 fully saturated rings. The number of nitrogens with zero attached hydrogens (tertiary/aromatic N) is 1. The number of rotatable bonds is 6. The molecule has 0 radical (unpaired) electrons. The molecule has 1 saturated heterocycles. The molecular weight excluding hydrogens is 422 g/mol. The Labute approximate surface area is 194 Å². The number of benzene rings is 2. The molecule has 4 rings (SSSR count). The first kappa shape index (κ1) is 22.7. The van der Waals surface area contributed by atoms with Gasteiger partial charge < -0.3 is 20.3 Å². The fraction of sp³-hybridized carbons (Fsp3) is 0.440. The van der Waals surface area contributed by atoms with Gasteiger partial charge in [-0.25, -0.2) is 4.79 Å². The Morgan fingerprint density at radius 1 is 1.16 bits per heavy atom. The molecule has 2 N–H and O–H groups in total. The summed E-state index contributed by atoms with van der Waals surface area (Å²) in [6.07, 6.45) is 1.11. The van der Waals surface area contributed by atoms with Crippen LogP contribution in [0.4, 0.5) is 10.5 Å². The van der Waals surface area contributed by atoms with Crippen LogP contribution >= 0.6 is 11.8 Å². The summed E-state index contributed by atoms with van der Waals surface area (Å²) in [5.74, 6) is 0.219. The third-order valence-corrected chi connectivity index (χ3v) is 6.99. The highest BCUT2D eigenvalue weighted by Crippen LogP contribution is 2.52. The number of ether oxygens (including phenoxy) is 1. The Hall–Kier alpha value is -2.51. The van der Waals surface area contributed by atoms with Gasteiger partial charge in [-0.1, -0.05) is 36.4 Å². The molecule has 0 saturated carbocycles. The largest absolute Gasteiger partial charge is 0.444 e. The lowest BCUT2D eigenvalue weighted by Gasteiger charge is -2.38. The SMILES string of the molecule is CC(C)(C)OC(=O)NCCNCc1ccc2c(c1)SC(c1ccccc1)C1CCC(=O)N21. The molecule has 2 aliphatic rings. The number of hydrogen-bond donors (Lipinski definition) is 2. The lowest BCUT2D eigenvalue weighted by Crippen LogP contribution is -2.39. The quantitative estimate of drug-likeness (QED) is 0.624. The average molecular weight is 454 g/mol. The van der Waals surface area contributed by atoms with Crippen LogP contribution in [0, 0.1) is 0 Å². The molecule has 32 heavy (non-hydrogen) atoms. The second-order valence-electron chi connectivity index (χ2n) is 9.23. The van der Waals surface area contributed by atoms with Crippen LogP contribution in [0.3, 0.4) is 0 Å². The molecule has 2 aromatic carbocycles. The van der Waals surface area contributed by atoms with Crippen molar-refractivity contribution >= 4 is 29.4 Å². The summed E-state index contributed by atoms with van der Waals surface area (Å²) >= 11 is 1.86. The van der Waals surface area contributed by atoms with Gasteiger partial charge in [-0.3, -0.25) is 4.79 Å². The van der Waals surface area contributed by atoms with E-state index in [0.29, 0.717) is 26.1 Å². The van der Waals surface area contributed by atoms with Crippen molar-refractivity contribution in [3.63, 3.8) is 0 Å². The summed E-state index contributed by atoms with van der Waals surface area (Å²) in [7, 11) is 0. The Morgan fingerprint density at radius 3 is 2.69 bits per heavy atom. The highest BCUT2D eigenvalue weighted by Gasteiger charge is 2.43. The lowest BCUT2D eigenvalue weighted by atomic mass is 10.0. The van der Waals surface area contributed by atoms with Crippen molar-refractivity contribution < 1.29 is 14.3 Å². The Morgan fingerprint density at radius 2 is 1.94 bits per heavy atom. The van der Waals surface area contributed by atoms with Gasteiger partial charge in [-0.2, -0.15) is 0 Å². The number of amides is 2. The van der Waals surface area contributed by atoms with Gasteiger partial charge in [-0.15, -0.1) is 11.8 Å². The summed E-state index contributed by atoms with van der Waals surface area (Å²) in [5.41, 5.74) is 2.96. The molecule has 170 valence electrons. The smallest absolute Gasteiger partial charge is 0.407 e. The summed E-state index contributed by atoms with van der Waals surface area (Å²) < 4.78 is 5.24. The van der Waals surface area contributed by atoms with Crippen molar-refractivity contribution in [2.24, 2.45) is 0 Å². The van der Waals surface area contributed by atoms with E-state index in [1.807, 2.05) is 43.5 Å². The Kier molecular flexibility index (Phi) is 6.76. The van der Waals surface area contributed by atoms with E-state index in [9.17, 15) is 9.59 Å². The minimum Gasteiger partial charge on any atom is -0.444 e. The van der Waals surface area contributed by atoms with Gasteiger partial charge in [0.15, 0.2) is 0 Å². The first-order valence-corrected chi connectivity index (χ1v) is 12.0. The highest BCUT2D eigenvalue weighted by atomic mass is 32.2. The predicted molar refractivity (Wildman–Crippen MR) is 128 cm³/mol. The van der Waals surface area contributed by atoms with Gasteiger partial charge in [0.25, 0.3) is 0 Å². The zero-order valence-electron chi connectivity index (χ0n) is 18.9. The highest BCUT2D eigenvalue weighted by molar-refractivity contribution is 7.99. The number of carbonyl (C=O) groups excluding carboxylic acids is 2. The van der Waals surface area contributed by atoms with Gasteiger partial charge >= 0.3 is 6.09 Å². The van der Waals surface area contributed by atoms with Crippen LogP contribution in [-0.4, -0.2) is 36.7 Å². The monoisotopic (exact) mass is 453 g/mol. The molecule has 0 aliphatic carbocycles. The maximum Gasteiger partial charge on any atom is 0.407 e. The zero-order valence-corrected chi connectivity index (χ0v) is 19.7. The number of anilines is 1. The van der Waals surface area contributed by atoms with Crippen molar-refractivity contribution in [1.82, 2.24) is 10.6 Å². The molecule has 0 aromatic heterocycles. The minimum atomic E-state index is -0.494. The zero-order chi connectivity index (χ0) is 22.7. The van der Waals surface area contributed by atoms with Gasteiger partial charge in [0, 0.05) is 31.0 Å². The van der Waals surface area contributed by atoms with Gasteiger partial charge in [0.1, 0.15) is 5.60 Å². The van der Waals surface area contributed by atoms with Crippen molar-refractivity contribution in [3.8, 4) is 0 Å². The van der Waals surface area contributed by atoms with Crippen LogP contribution in [-0.2, 0) is 16.1 Å². The Bertz CT molecular complexity index is 974. The second-order valence-corrected chi connectivity index (χ2v) is 10.4.